The van der Waals surface area contributed by atoms with E-state index < -0.39 is 5.54 Å². The Morgan fingerprint density at radius 2 is 1.54 bits per heavy atom. The smallest absolute Gasteiger partial charge is 0.312 e. The monoisotopic (exact) mass is 380 g/mol. The van der Waals surface area contributed by atoms with Crippen molar-refractivity contribution < 1.29 is 14.4 Å². The van der Waals surface area contributed by atoms with Crippen molar-refractivity contribution in [3.8, 4) is 0 Å². The molecule has 1 saturated heterocycles. The number of imide groups is 1. The molecule has 0 aromatic heterocycles. The van der Waals surface area contributed by atoms with Crippen molar-refractivity contribution in [2.45, 2.75) is 51.0 Å². The van der Waals surface area contributed by atoms with E-state index in [1.807, 2.05) is 13.0 Å². The highest BCUT2D eigenvalue weighted by molar-refractivity contribution is 6.11. The summed E-state index contributed by atoms with van der Waals surface area (Å²) in [6, 6.07) is 8.58. The molecular formula is C23H28N2O3. The topological polar surface area (TPSA) is 57.7 Å². The Balaban J connectivity index is 1.46. The number of benzene rings is 1. The highest BCUT2D eigenvalue weighted by Gasteiger charge is 2.68. The summed E-state index contributed by atoms with van der Waals surface area (Å²) >= 11 is 0. The lowest BCUT2D eigenvalue weighted by atomic mass is 9.44. The van der Waals surface area contributed by atoms with Crippen LogP contribution in [0.4, 0.5) is 4.79 Å². The Morgan fingerprint density at radius 1 is 1.00 bits per heavy atom. The second kappa shape index (κ2) is 5.91. The molecule has 1 aromatic carbocycles. The SMILES string of the molecule is CN1C(=O)N(CC(=O)c2ccccc2)C(=O)C1(C)C12C[C@H]3C[C@@H](C1)C[C@@H](C2)C3. The normalized spacial score (nSPS) is 39.1. The molecule has 1 aromatic rings. The van der Waals surface area contributed by atoms with Gasteiger partial charge in [-0.25, -0.2) is 4.79 Å². The van der Waals surface area contributed by atoms with E-state index in [9.17, 15) is 14.4 Å². The van der Waals surface area contributed by atoms with Crippen LogP contribution < -0.4 is 0 Å². The van der Waals surface area contributed by atoms with E-state index >= 15 is 0 Å². The molecule has 1 atom stereocenters. The van der Waals surface area contributed by atoms with E-state index in [1.54, 1.807) is 36.2 Å². The van der Waals surface area contributed by atoms with Crippen LogP contribution >= 0.6 is 0 Å². The minimum Gasteiger partial charge on any atom is -0.312 e. The fraction of sp³-hybridized carbons (Fsp3) is 0.609. The van der Waals surface area contributed by atoms with Crippen molar-refractivity contribution in [2.24, 2.45) is 23.2 Å². The largest absolute Gasteiger partial charge is 0.327 e. The first-order valence-corrected chi connectivity index (χ1v) is 10.5. The van der Waals surface area contributed by atoms with Gasteiger partial charge in [0.05, 0.1) is 6.54 Å². The standard InChI is InChI=1S/C23H28N2O3/c1-22(23-11-15-8-16(12-23)10-17(9-15)13-23)20(27)25(21(28)24(22)2)14-19(26)18-6-4-3-5-7-18/h3-7,15-17H,8-14H2,1-2H3/t15-,16+,17-,22?,23?. The molecular weight excluding hydrogens is 352 g/mol. The number of nitrogens with zero attached hydrogens (tertiary/aromatic N) is 2. The minimum atomic E-state index is -0.836. The van der Waals surface area contributed by atoms with Gasteiger partial charge in [-0.15, -0.1) is 0 Å². The van der Waals surface area contributed by atoms with Gasteiger partial charge in [0.2, 0.25) is 0 Å². The molecule has 3 amide bonds. The molecule has 5 aliphatic rings. The van der Waals surface area contributed by atoms with Crippen LogP contribution in [0.2, 0.25) is 0 Å². The third kappa shape index (κ3) is 2.28. The van der Waals surface area contributed by atoms with Gasteiger partial charge in [0.25, 0.3) is 5.91 Å². The van der Waals surface area contributed by atoms with Gasteiger partial charge in [-0.1, -0.05) is 30.3 Å². The van der Waals surface area contributed by atoms with Crippen molar-refractivity contribution in [3.05, 3.63) is 35.9 Å². The van der Waals surface area contributed by atoms with E-state index in [0.717, 1.165) is 19.3 Å². The second-order valence-electron chi connectivity index (χ2n) is 9.79. The van der Waals surface area contributed by atoms with Crippen molar-refractivity contribution in [1.29, 1.82) is 0 Å². The number of likely N-dealkylation sites (N-methyl/N-ethyl adjacent to an activating group) is 1. The van der Waals surface area contributed by atoms with Gasteiger partial charge in [0.1, 0.15) is 5.54 Å². The first-order valence-electron chi connectivity index (χ1n) is 10.5. The number of Topliss-reactive ketones (excluding diaryl/α,β-unsaturated/α-hetero) is 1. The van der Waals surface area contributed by atoms with E-state index in [1.165, 1.54) is 24.2 Å². The van der Waals surface area contributed by atoms with Crippen LogP contribution in [-0.4, -0.2) is 46.7 Å². The van der Waals surface area contributed by atoms with E-state index in [2.05, 4.69) is 0 Å². The molecule has 4 saturated carbocycles. The Hall–Kier alpha value is -2.17. The van der Waals surface area contributed by atoms with Crippen LogP contribution in [-0.2, 0) is 4.79 Å². The number of ketones is 1. The Bertz CT molecular complexity index is 813. The van der Waals surface area contributed by atoms with Gasteiger partial charge in [-0.3, -0.25) is 14.5 Å². The molecule has 0 N–H and O–H groups in total. The summed E-state index contributed by atoms with van der Waals surface area (Å²) in [6.07, 6.45) is 6.99. The van der Waals surface area contributed by atoms with Crippen LogP contribution in [0.5, 0.6) is 0 Å². The predicted molar refractivity (Wildman–Crippen MR) is 105 cm³/mol. The molecule has 0 spiro atoms. The Labute approximate surface area is 166 Å². The quantitative estimate of drug-likeness (QED) is 0.591. The lowest BCUT2D eigenvalue weighted by molar-refractivity contribution is -0.156. The maximum atomic E-state index is 13.6. The van der Waals surface area contributed by atoms with Gasteiger partial charge in [0.15, 0.2) is 5.78 Å². The van der Waals surface area contributed by atoms with Crippen molar-refractivity contribution in [3.63, 3.8) is 0 Å². The number of carbonyl (C=O) groups excluding carboxylic acids is 3. The molecule has 5 nitrogen and oxygen atoms in total. The zero-order valence-electron chi connectivity index (χ0n) is 16.7. The molecule has 4 aliphatic carbocycles. The summed E-state index contributed by atoms with van der Waals surface area (Å²) in [4.78, 5) is 42.3. The van der Waals surface area contributed by atoms with Crippen LogP contribution in [0.1, 0.15) is 55.8 Å². The summed E-state index contributed by atoms with van der Waals surface area (Å²) < 4.78 is 0. The molecule has 4 bridgehead atoms. The fourth-order valence-corrected chi connectivity index (χ4v) is 7.15. The van der Waals surface area contributed by atoms with Gasteiger partial charge < -0.3 is 4.90 Å². The van der Waals surface area contributed by atoms with E-state index in [4.69, 9.17) is 0 Å². The maximum Gasteiger partial charge on any atom is 0.327 e. The summed E-state index contributed by atoms with van der Waals surface area (Å²) in [7, 11) is 1.76. The molecule has 5 heteroatoms. The van der Waals surface area contributed by atoms with Crippen molar-refractivity contribution in [1.82, 2.24) is 9.80 Å². The van der Waals surface area contributed by atoms with Crippen molar-refractivity contribution in [2.75, 3.05) is 13.6 Å². The number of amides is 3. The summed E-state index contributed by atoms with van der Waals surface area (Å²) in [5, 5.41) is 0. The number of urea groups is 1. The predicted octanol–water partition coefficient (Wildman–Crippen LogP) is 3.74. The number of rotatable bonds is 4. The van der Waals surface area contributed by atoms with E-state index in [0.29, 0.717) is 23.3 Å². The molecule has 0 radical (unpaired) electrons. The van der Waals surface area contributed by atoms with Crippen LogP contribution in [0.3, 0.4) is 0 Å². The number of hydrogen-bond acceptors (Lipinski definition) is 3. The van der Waals surface area contributed by atoms with Crippen LogP contribution in [0, 0.1) is 23.2 Å². The molecule has 5 fully saturated rings. The summed E-state index contributed by atoms with van der Waals surface area (Å²) in [5.74, 6) is 1.72. The van der Waals surface area contributed by atoms with Gasteiger partial charge >= 0.3 is 6.03 Å². The average Bonchev–Trinajstić information content (AvgIpc) is 2.84. The maximum absolute atomic E-state index is 13.6. The summed E-state index contributed by atoms with van der Waals surface area (Å²) in [6.45, 7) is 1.79. The first-order chi connectivity index (χ1) is 13.3. The molecule has 1 aliphatic heterocycles. The van der Waals surface area contributed by atoms with Gasteiger partial charge in [-0.2, -0.15) is 0 Å². The fourth-order valence-electron chi connectivity index (χ4n) is 7.15. The molecule has 148 valence electrons. The van der Waals surface area contributed by atoms with Crippen LogP contribution in [0.25, 0.3) is 0 Å². The highest BCUT2D eigenvalue weighted by Crippen LogP contribution is 2.65. The van der Waals surface area contributed by atoms with Gasteiger partial charge in [0, 0.05) is 18.0 Å². The number of hydrogen-bond donors (Lipinski definition) is 0. The lowest BCUT2D eigenvalue weighted by Gasteiger charge is -2.62. The second-order valence-corrected chi connectivity index (χ2v) is 9.79. The molecule has 6 rings (SSSR count). The molecule has 1 heterocycles. The zero-order valence-corrected chi connectivity index (χ0v) is 16.7. The minimum absolute atomic E-state index is 0.131. The third-order valence-corrected chi connectivity index (χ3v) is 8.32. The third-order valence-electron chi connectivity index (χ3n) is 8.32. The Kier molecular flexibility index (Phi) is 3.78. The summed E-state index contributed by atoms with van der Waals surface area (Å²) in [5.41, 5.74) is -0.431. The highest BCUT2D eigenvalue weighted by atomic mass is 16.2. The van der Waals surface area contributed by atoms with Crippen molar-refractivity contribution >= 4 is 17.7 Å². The van der Waals surface area contributed by atoms with Crippen LogP contribution in [0.15, 0.2) is 30.3 Å². The van der Waals surface area contributed by atoms with Gasteiger partial charge in [-0.05, 0) is 63.2 Å². The molecule has 28 heavy (non-hydrogen) atoms. The number of carbonyl (C=O) groups is 3. The van der Waals surface area contributed by atoms with E-state index in [-0.39, 0.29) is 29.7 Å². The molecule has 1 unspecified atom stereocenters. The Morgan fingerprint density at radius 3 is 2.07 bits per heavy atom. The zero-order chi connectivity index (χ0) is 19.7. The average molecular weight is 380 g/mol. The first kappa shape index (κ1) is 17.9. The lowest BCUT2D eigenvalue weighted by Crippen LogP contribution is -2.64.